The van der Waals surface area contributed by atoms with Gasteiger partial charge in [0.2, 0.25) is 0 Å². The number of aliphatic hydroxyl groups excluding tert-OH is 1. The molecular weight excluding hydrogens is 1570 g/mol. The molecule has 616 valence electrons. The minimum Gasteiger partial charge on any atom is -0.494 e. The summed E-state index contributed by atoms with van der Waals surface area (Å²) in [5.74, 6) is 1.80. The van der Waals surface area contributed by atoms with Crippen molar-refractivity contribution in [2.75, 3.05) is 39.5 Å². The Kier molecular flexibility index (Phi) is 28.6. The highest BCUT2D eigenvalue weighted by molar-refractivity contribution is 7.19. The van der Waals surface area contributed by atoms with E-state index in [1.807, 2.05) is 48.5 Å². The molecule has 0 bridgehead atoms. The Morgan fingerprint density at radius 2 is 0.592 bits per heavy atom. The van der Waals surface area contributed by atoms with Crippen molar-refractivity contribution in [1.82, 2.24) is 27.3 Å². The van der Waals surface area contributed by atoms with Crippen molar-refractivity contribution in [3.05, 3.63) is 222 Å². The third kappa shape index (κ3) is 18.6. The molecule has 0 aliphatic carbocycles. The molecule has 120 heavy (non-hydrogen) atoms. The number of fused-ring (bicyclic) bond motifs is 4. The summed E-state index contributed by atoms with van der Waals surface area (Å²) < 4.78 is 36.6. The maximum Gasteiger partial charge on any atom is 0.261 e. The molecule has 17 rings (SSSR count). The molecule has 0 fully saturated rings. The molecule has 18 heteroatoms. The quantitative estimate of drug-likeness (QED) is 0.0168. The molecule has 14 nitrogen and oxygen atoms in total. The smallest absolute Gasteiger partial charge is 0.261 e. The van der Waals surface area contributed by atoms with E-state index in [4.69, 9.17) is 28.1 Å². The van der Waals surface area contributed by atoms with Gasteiger partial charge < -0.3 is 19.3 Å². The largest absolute Gasteiger partial charge is 0.494 e. The number of aromatic nitrogens is 4. The molecule has 15 aromatic rings. The van der Waals surface area contributed by atoms with Gasteiger partial charge in [-0.1, -0.05) is 228 Å². The number of hydrogen-bond donors (Lipinski definition) is 1. The van der Waals surface area contributed by atoms with Crippen LogP contribution in [0.15, 0.2) is 194 Å². The monoisotopic (exact) mass is 1670 g/mol. The Morgan fingerprint density at radius 1 is 0.283 bits per heavy atom. The third-order valence-corrected chi connectivity index (χ3v) is 26.6. The molecule has 2 aliphatic rings. The van der Waals surface area contributed by atoms with Gasteiger partial charge >= 0.3 is 0 Å². The number of imide groups is 2. The lowest BCUT2D eigenvalue weighted by Crippen LogP contribution is -2.41. The Balaban J connectivity index is 0.000000140. The van der Waals surface area contributed by atoms with Crippen molar-refractivity contribution in [2.45, 2.75) is 182 Å². The third-order valence-electron chi connectivity index (χ3n) is 23.2. The molecule has 4 amide bonds. The van der Waals surface area contributed by atoms with E-state index in [1.54, 1.807) is 22.7 Å². The van der Waals surface area contributed by atoms with E-state index in [1.165, 1.54) is 134 Å². The van der Waals surface area contributed by atoms with Crippen LogP contribution in [0.5, 0.6) is 17.2 Å². The number of ether oxygens (including phenoxy) is 3. The second-order valence-corrected chi connectivity index (χ2v) is 34.8. The zero-order valence-corrected chi connectivity index (χ0v) is 72.9. The summed E-state index contributed by atoms with van der Waals surface area (Å²) >= 11 is 6.12. The molecule has 6 heterocycles. The number of unbranched alkanes of at least 4 members (excludes halogenated alkanes) is 16. The SMILES string of the molecule is CCCCCCCCOc1ccc(-c2ccc(-c3ccc(OCCCCCCCC)cc3)c3nsnc23)cc1.CCCCCN1C(=O)c2ccc3c4ccc5c6c(ccc(c7ccc(c2c37)C1=O)c64)C(=O)N(CCCCC)C5=O.CCCCOc1ccc(-c2ccc(-c3ccc(-c4ccc(-c5ccc(CCCCO)cc5)s4)c4nsnc34)s2)cc1. The van der Waals surface area contributed by atoms with Gasteiger partial charge in [-0.05, 0) is 209 Å². The van der Waals surface area contributed by atoms with E-state index in [0.717, 1.165) is 208 Å². The van der Waals surface area contributed by atoms with Gasteiger partial charge in [0.05, 0.1) is 43.3 Å². The van der Waals surface area contributed by atoms with Gasteiger partial charge in [0.25, 0.3) is 23.6 Å². The summed E-state index contributed by atoms with van der Waals surface area (Å²) in [6, 6.07) is 66.6. The van der Waals surface area contributed by atoms with Crippen LogP contribution in [0, 0.1) is 0 Å². The number of nitrogens with zero attached hydrogens (tertiary/aromatic N) is 6. The van der Waals surface area contributed by atoms with Crippen molar-refractivity contribution < 1.29 is 38.5 Å². The number of carbonyl (C=O) groups excluding carboxylic acids is 4. The van der Waals surface area contributed by atoms with E-state index < -0.39 is 0 Å². The minimum absolute atomic E-state index is 0.243. The van der Waals surface area contributed by atoms with Crippen molar-refractivity contribution in [3.63, 3.8) is 0 Å². The molecular formula is C102H106N6O8S4. The van der Waals surface area contributed by atoms with Crippen LogP contribution in [0.4, 0.5) is 0 Å². The molecule has 0 saturated heterocycles. The minimum atomic E-state index is -0.243. The number of aliphatic hydroxyl groups is 1. The van der Waals surface area contributed by atoms with Gasteiger partial charge in [0.15, 0.2) is 0 Å². The second-order valence-electron chi connectivity index (χ2n) is 31.5. The number of benzene rings is 11. The fourth-order valence-electron chi connectivity index (χ4n) is 16.6. The summed E-state index contributed by atoms with van der Waals surface area (Å²) in [6.45, 7) is 14.3. The van der Waals surface area contributed by atoms with Crippen LogP contribution in [0.25, 0.3) is 129 Å². The van der Waals surface area contributed by atoms with Crippen LogP contribution < -0.4 is 14.2 Å². The fourth-order valence-corrected chi connectivity index (χ4v) is 19.8. The van der Waals surface area contributed by atoms with Crippen LogP contribution in [-0.2, 0) is 6.42 Å². The summed E-state index contributed by atoms with van der Waals surface area (Å²) in [6.07, 6.45) is 25.9. The highest BCUT2D eigenvalue weighted by Gasteiger charge is 2.37. The second kappa shape index (κ2) is 40.6. The summed E-state index contributed by atoms with van der Waals surface area (Å²) in [7, 11) is 0. The van der Waals surface area contributed by atoms with E-state index in [9.17, 15) is 19.2 Å². The van der Waals surface area contributed by atoms with Crippen molar-refractivity contribution in [2.24, 2.45) is 0 Å². The maximum atomic E-state index is 13.5. The van der Waals surface area contributed by atoms with Crippen molar-refractivity contribution >= 4 is 135 Å². The van der Waals surface area contributed by atoms with Crippen LogP contribution in [0.3, 0.4) is 0 Å². The van der Waals surface area contributed by atoms with Crippen LogP contribution in [-0.4, -0.2) is 95.5 Å². The number of hydrogen-bond acceptors (Lipinski definition) is 16. The lowest BCUT2D eigenvalue weighted by molar-refractivity contribution is 0.0592. The zero-order valence-electron chi connectivity index (χ0n) is 69.6. The molecule has 0 atom stereocenters. The first-order valence-electron chi connectivity index (χ1n) is 43.5. The molecule has 2 aliphatic heterocycles. The Labute approximate surface area is 720 Å². The van der Waals surface area contributed by atoms with Gasteiger partial charge in [0, 0.05) is 94.5 Å². The maximum absolute atomic E-state index is 13.5. The van der Waals surface area contributed by atoms with Crippen LogP contribution in [0.1, 0.15) is 223 Å². The molecule has 4 aromatic heterocycles. The summed E-state index contributed by atoms with van der Waals surface area (Å²) in [4.78, 5) is 61.8. The summed E-state index contributed by atoms with van der Waals surface area (Å²) in [5, 5.41) is 15.8. The first kappa shape index (κ1) is 84.4. The first-order valence-corrected chi connectivity index (χ1v) is 46.6. The summed E-state index contributed by atoms with van der Waals surface area (Å²) in [5.41, 5.74) is 16.5. The lowest BCUT2D eigenvalue weighted by atomic mass is 9.82. The molecule has 1 N–H and O–H groups in total. The van der Waals surface area contributed by atoms with Gasteiger partial charge in [-0.2, -0.15) is 17.5 Å². The normalized spacial score (nSPS) is 12.6. The van der Waals surface area contributed by atoms with E-state index in [2.05, 4.69) is 189 Å². The van der Waals surface area contributed by atoms with E-state index >= 15 is 0 Å². The average molecular weight is 1670 g/mol. The van der Waals surface area contributed by atoms with Crippen LogP contribution >= 0.6 is 46.1 Å². The zero-order chi connectivity index (χ0) is 82.9. The molecule has 0 unspecified atom stereocenters. The number of carbonyl (C=O) groups is 4. The van der Waals surface area contributed by atoms with Crippen LogP contribution in [0.2, 0.25) is 0 Å². The first-order chi connectivity index (χ1) is 59.0. The van der Waals surface area contributed by atoms with Gasteiger partial charge in [0.1, 0.15) is 39.3 Å². The van der Waals surface area contributed by atoms with Gasteiger partial charge in [-0.15, -0.1) is 22.7 Å². The lowest BCUT2D eigenvalue weighted by Gasteiger charge is -2.30. The number of thiophene rings is 2. The Morgan fingerprint density at radius 3 is 0.967 bits per heavy atom. The number of amides is 4. The molecule has 0 radical (unpaired) electrons. The predicted molar refractivity (Wildman–Crippen MR) is 499 cm³/mol. The molecule has 11 aromatic carbocycles. The molecule has 0 spiro atoms. The van der Waals surface area contributed by atoms with Gasteiger partial charge in [-0.25, -0.2) is 0 Å². The Hall–Kier alpha value is -10.6. The number of rotatable bonds is 38. The van der Waals surface area contributed by atoms with E-state index in [-0.39, 0.29) is 30.2 Å². The highest BCUT2D eigenvalue weighted by Crippen LogP contribution is 2.48. The standard InChI is InChI=1S/C34H30N2O4.C34H32N2O2S3.C34H44N2O2S/c1-3-5-7-17-35-31(37)23-13-9-19-21-11-15-25-30-26(34(40)36(33(25)39)18-8-6-4-2)16-12-22(28(21)30)20-10-14-24(32(35)38)29(23)27(19)20;1-2-3-22-38-26-13-11-25(12-14-26)30-18-20-32(40-30)28-16-15-27(33-34(28)36-41-35-33)31-19-17-29(39-31)24-9-7-23(8-10-24)6-4-5-21-37;1-3-5-7-9-11-13-25-37-29-19-15-27(16-20-29)31-23-24-32(34-33(31)35-39-36-34)28-17-21-30(22-18-28)38-26-14-12-10-8-6-4-2/h9-16H,3-8,17-18H2,1-2H3;7-20,37H,2-6,21-22H2,1H3;15-24H,3-14,25-26H2,1-2H3. The topological polar surface area (TPSA) is 174 Å². The van der Waals surface area contributed by atoms with Crippen molar-refractivity contribution in [1.29, 1.82) is 0 Å². The predicted octanol–water partition coefficient (Wildman–Crippen LogP) is 27.8. The number of aryl methyl sites for hydroxylation is 1. The van der Waals surface area contributed by atoms with E-state index in [0.29, 0.717) is 46.1 Å². The van der Waals surface area contributed by atoms with Gasteiger partial charge in [-0.3, -0.25) is 29.0 Å². The highest BCUT2D eigenvalue weighted by atomic mass is 32.1. The average Bonchev–Trinajstić information content (AvgIpc) is 0.845. The molecule has 0 saturated carbocycles. The fraction of sp³-hybridized carbons (Fsp3) is 0.333. The Bertz CT molecular complexity index is 5550. The van der Waals surface area contributed by atoms with Crippen molar-refractivity contribution in [3.8, 4) is 81.3 Å².